The molecule has 1 aliphatic rings. The summed E-state index contributed by atoms with van der Waals surface area (Å²) in [6.45, 7) is 1.98. The number of hydrogen-bond donors (Lipinski definition) is 3. The monoisotopic (exact) mass is 327 g/mol. The predicted octanol–water partition coefficient (Wildman–Crippen LogP) is 1.30. The molecule has 7 heteroatoms. The maximum absolute atomic E-state index is 12.1. The molecule has 122 valence electrons. The van der Waals surface area contributed by atoms with Gasteiger partial charge in [0.1, 0.15) is 5.75 Å². The van der Waals surface area contributed by atoms with Crippen molar-refractivity contribution in [3.8, 4) is 5.75 Å². The third-order valence-corrected chi connectivity index (χ3v) is 3.41. The van der Waals surface area contributed by atoms with Gasteiger partial charge >= 0.3 is 0 Å². The number of halogens is 1. The van der Waals surface area contributed by atoms with Crippen molar-refractivity contribution in [3.05, 3.63) is 24.3 Å². The van der Waals surface area contributed by atoms with Crippen LogP contribution in [0.2, 0.25) is 0 Å². The maximum Gasteiger partial charge on any atom is 0.228 e. The molecule has 1 saturated heterocycles. The Hall–Kier alpha value is -1.79. The Bertz CT molecular complexity index is 487. The van der Waals surface area contributed by atoms with Crippen LogP contribution in [0.1, 0.15) is 19.3 Å². The van der Waals surface area contributed by atoms with E-state index in [0.717, 1.165) is 31.6 Å². The molecule has 0 spiro atoms. The van der Waals surface area contributed by atoms with E-state index >= 15 is 0 Å². The van der Waals surface area contributed by atoms with E-state index in [1.165, 1.54) is 0 Å². The smallest absolute Gasteiger partial charge is 0.228 e. The Labute approximate surface area is 136 Å². The van der Waals surface area contributed by atoms with Crippen LogP contribution in [0.15, 0.2) is 24.3 Å². The van der Waals surface area contributed by atoms with E-state index in [9.17, 15) is 9.59 Å². The van der Waals surface area contributed by atoms with Crippen LogP contribution >= 0.6 is 12.4 Å². The van der Waals surface area contributed by atoms with Gasteiger partial charge in [0.05, 0.1) is 18.9 Å². The molecule has 2 rings (SSSR count). The SMILES string of the molecule is Cl.NC(=O)CCOc1ccc(NC(=O)[C@@H]2CCCNC2)cc1. The Balaban J connectivity index is 0.00000242. The van der Waals surface area contributed by atoms with E-state index < -0.39 is 0 Å². The summed E-state index contributed by atoms with van der Waals surface area (Å²) in [5.74, 6) is 0.336. The number of carbonyl (C=O) groups excluding carboxylic acids is 2. The molecule has 1 atom stereocenters. The molecule has 2 amide bonds. The summed E-state index contributed by atoms with van der Waals surface area (Å²) in [5, 5.41) is 6.13. The number of rotatable bonds is 6. The molecule has 1 heterocycles. The van der Waals surface area contributed by atoms with E-state index in [1.54, 1.807) is 24.3 Å². The third-order valence-electron chi connectivity index (χ3n) is 3.41. The Morgan fingerprint density at radius 1 is 1.32 bits per heavy atom. The van der Waals surface area contributed by atoms with Gasteiger partial charge in [0.25, 0.3) is 0 Å². The molecule has 1 aromatic rings. The molecule has 0 bridgehead atoms. The first-order valence-corrected chi connectivity index (χ1v) is 7.18. The van der Waals surface area contributed by atoms with Gasteiger partial charge in [0, 0.05) is 12.2 Å². The highest BCUT2D eigenvalue weighted by atomic mass is 35.5. The number of anilines is 1. The standard InChI is InChI=1S/C15H21N3O3.ClH/c16-14(19)7-9-21-13-5-3-12(4-6-13)18-15(20)11-2-1-8-17-10-11;/h3-6,11,17H,1-2,7-10H2,(H2,16,19)(H,18,20);1H/t11-;/m1./s1. The van der Waals surface area contributed by atoms with Crippen molar-refractivity contribution in [2.24, 2.45) is 11.7 Å². The molecule has 4 N–H and O–H groups in total. The van der Waals surface area contributed by atoms with Crippen molar-refractivity contribution in [1.82, 2.24) is 5.32 Å². The fraction of sp³-hybridized carbons (Fsp3) is 0.467. The number of nitrogens with two attached hydrogens (primary N) is 1. The minimum atomic E-state index is -0.389. The number of ether oxygens (including phenoxy) is 1. The number of primary amides is 1. The number of nitrogens with one attached hydrogen (secondary N) is 2. The second-order valence-electron chi connectivity index (χ2n) is 5.12. The van der Waals surface area contributed by atoms with E-state index in [2.05, 4.69) is 10.6 Å². The topological polar surface area (TPSA) is 93.5 Å². The summed E-state index contributed by atoms with van der Waals surface area (Å²) < 4.78 is 5.37. The highest BCUT2D eigenvalue weighted by Crippen LogP contribution is 2.18. The number of benzene rings is 1. The van der Waals surface area contributed by atoms with Gasteiger partial charge in [-0.1, -0.05) is 0 Å². The Morgan fingerprint density at radius 3 is 2.64 bits per heavy atom. The van der Waals surface area contributed by atoms with Crippen molar-refractivity contribution in [3.63, 3.8) is 0 Å². The van der Waals surface area contributed by atoms with Gasteiger partial charge in [0.2, 0.25) is 11.8 Å². The zero-order valence-electron chi connectivity index (χ0n) is 12.3. The summed E-state index contributed by atoms with van der Waals surface area (Å²) in [4.78, 5) is 22.7. The zero-order chi connectivity index (χ0) is 15.1. The van der Waals surface area contributed by atoms with Gasteiger partial charge in [0.15, 0.2) is 0 Å². The number of hydrogen-bond acceptors (Lipinski definition) is 4. The molecule has 0 radical (unpaired) electrons. The van der Waals surface area contributed by atoms with Crippen molar-refractivity contribution < 1.29 is 14.3 Å². The second kappa shape index (κ2) is 9.27. The molecule has 22 heavy (non-hydrogen) atoms. The van der Waals surface area contributed by atoms with Crippen molar-refractivity contribution >= 4 is 29.9 Å². The molecule has 0 aliphatic carbocycles. The Morgan fingerprint density at radius 2 is 2.05 bits per heavy atom. The average Bonchev–Trinajstić information content (AvgIpc) is 2.49. The normalized spacial score (nSPS) is 17.2. The summed E-state index contributed by atoms with van der Waals surface area (Å²) in [6.07, 6.45) is 2.14. The predicted molar refractivity (Wildman–Crippen MR) is 87.2 cm³/mol. The zero-order valence-corrected chi connectivity index (χ0v) is 13.2. The average molecular weight is 328 g/mol. The first-order chi connectivity index (χ1) is 10.1. The lowest BCUT2D eigenvalue weighted by Gasteiger charge is -2.21. The van der Waals surface area contributed by atoms with Gasteiger partial charge < -0.3 is 21.1 Å². The van der Waals surface area contributed by atoms with Gasteiger partial charge in [-0.05, 0) is 43.7 Å². The van der Waals surface area contributed by atoms with Gasteiger partial charge in [-0.15, -0.1) is 12.4 Å². The van der Waals surface area contributed by atoms with Crippen LogP contribution in [0.3, 0.4) is 0 Å². The summed E-state index contributed by atoms with van der Waals surface area (Å²) >= 11 is 0. The molecule has 1 fully saturated rings. The van der Waals surface area contributed by atoms with Crippen LogP contribution in [0.4, 0.5) is 5.69 Å². The van der Waals surface area contributed by atoms with Crippen LogP contribution in [-0.2, 0) is 9.59 Å². The first-order valence-electron chi connectivity index (χ1n) is 7.18. The van der Waals surface area contributed by atoms with E-state index in [4.69, 9.17) is 10.5 Å². The van der Waals surface area contributed by atoms with Crippen LogP contribution in [0.25, 0.3) is 0 Å². The second-order valence-corrected chi connectivity index (χ2v) is 5.12. The number of piperidine rings is 1. The molecule has 0 saturated carbocycles. The van der Waals surface area contributed by atoms with Gasteiger partial charge in [-0.3, -0.25) is 9.59 Å². The lowest BCUT2D eigenvalue weighted by Crippen LogP contribution is -2.37. The number of amides is 2. The summed E-state index contributed by atoms with van der Waals surface area (Å²) in [6, 6.07) is 7.09. The lowest BCUT2D eigenvalue weighted by molar-refractivity contribution is -0.120. The van der Waals surface area contributed by atoms with Crippen molar-refractivity contribution in [2.75, 3.05) is 25.0 Å². The quantitative estimate of drug-likeness (QED) is 0.734. The summed E-state index contributed by atoms with van der Waals surface area (Å²) in [7, 11) is 0. The van der Waals surface area contributed by atoms with Gasteiger partial charge in [-0.25, -0.2) is 0 Å². The molecule has 0 aromatic heterocycles. The Kier molecular flexibility index (Phi) is 7.70. The third kappa shape index (κ3) is 5.91. The molecular formula is C15H22ClN3O3. The van der Waals surface area contributed by atoms with Crippen molar-refractivity contribution in [2.45, 2.75) is 19.3 Å². The molecule has 6 nitrogen and oxygen atoms in total. The van der Waals surface area contributed by atoms with Crippen LogP contribution in [-0.4, -0.2) is 31.5 Å². The van der Waals surface area contributed by atoms with Crippen LogP contribution < -0.4 is 21.1 Å². The van der Waals surface area contributed by atoms with E-state index in [1.807, 2.05) is 0 Å². The van der Waals surface area contributed by atoms with Crippen LogP contribution in [0.5, 0.6) is 5.75 Å². The molecule has 1 aromatic carbocycles. The highest BCUT2D eigenvalue weighted by molar-refractivity contribution is 5.92. The lowest BCUT2D eigenvalue weighted by atomic mass is 9.99. The van der Waals surface area contributed by atoms with E-state index in [0.29, 0.717) is 5.75 Å². The highest BCUT2D eigenvalue weighted by Gasteiger charge is 2.20. The van der Waals surface area contributed by atoms with Crippen molar-refractivity contribution in [1.29, 1.82) is 0 Å². The first kappa shape index (κ1) is 18.3. The minimum Gasteiger partial charge on any atom is -0.493 e. The minimum absolute atomic E-state index is 0. The van der Waals surface area contributed by atoms with E-state index in [-0.39, 0.29) is 43.2 Å². The van der Waals surface area contributed by atoms with Crippen LogP contribution in [0, 0.1) is 5.92 Å². The molecule has 0 unspecified atom stereocenters. The number of carbonyl (C=O) groups is 2. The maximum atomic E-state index is 12.1. The summed E-state index contributed by atoms with van der Waals surface area (Å²) in [5.41, 5.74) is 5.78. The fourth-order valence-electron chi connectivity index (χ4n) is 2.22. The molecular weight excluding hydrogens is 306 g/mol. The largest absolute Gasteiger partial charge is 0.493 e. The fourth-order valence-corrected chi connectivity index (χ4v) is 2.22. The van der Waals surface area contributed by atoms with Gasteiger partial charge in [-0.2, -0.15) is 0 Å². The molecule has 1 aliphatic heterocycles.